The lowest BCUT2D eigenvalue weighted by Gasteiger charge is -2.33. The molecule has 1 aliphatic carbocycles. The van der Waals surface area contributed by atoms with E-state index < -0.39 is 5.91 Å². The third kappa shape index (κ3) is 2.86. The first-order valence-electron chi connectivity index (χ1n) is 8.00. The molecule has 0 spiro atoms. The van der Waals surface area contributed by atoms with E-state index in [4.69, 9.17) is 11.5 Å². The molecular weight excluding hydrogens is 278 g/mol. The van der Waals surface area contributed by atoms with E-state index in [-0.39, 0.29) is 11.9 Å². The van der Waals surface area contributed by atoms with Crippen LogP contribution in [0.3, 0.4) is 0 Å². The Hall–Kier alpha value is -1.88. The van der Waals surface area contributed by atoms with Crippen molar-refractivity contribution >= 4 is 11.8 Å². The molecule has 5 nitrogen and oxygen atoms in total. The topological polar surface area (TPSA) is 89.4 Å². The molecule has 1 heterocycles. The fourth-order valence-electron chi connectivity index (χ4n) is 4.05. The quantitative estimate of drug-likeness (QED) is 0.881. The Morgan fingerprint density at radius 2 is 1.77 bits per heavy atom. The number of hydrogen-bond donors (Lipinski definition) is 2. The molecule has 0 aromatic heterocycles. The number of likely N-dealkylation sites (tertiary alicyclic amines) is 1. The van der Waals surface area contributed by atoms with Gasteiger partial charge in [-0.3, -0.25) is 14.5 Å². The summed E-state index contributed by atoms with van der Waals surface area (Å²) < 4.78 is 0. The van der Waals surface area contributed by atoms with E-state index in [2.05, 4.69) is 4.90 Å². The van der Waals surface area contributed by atoms with Gasteiger partial charge in [0.2, 0.25) is 11.8 Å². The van der Waals surface area contributed by atoms with Crippen LogP contribution in [0.2, 0.25) is 0 Å². The van der Waals surface area contributed by atoms with Crippen molar-refractivity contribution in [3.05, 3.63) is 35.4 Å². The SMILES string of the molecule is NC(=O)c1ccc(CN2[C@H](C(N)=O)C[C@H]3CCCC[C@@H]32)cc1. The average molecular weight is 301 g/mol. The highest BCUT2D eigenvalue weighted by Crippen LogP contribution is 2.40. The lowest BCUT2D eigenvalue weighted by molar-refractivity contribution is -0.122. The van der Waals surface area contributed by atoms with Gasteiger partial charge in [0, 0.05) is 18.2 Å². The number of fused-ring (bicyclic) bond motifs is 1. The third-order valence-electron chi connectivity index (χ3n) is 5.15. The summed E-state index contributed by atoms with van der Waals surface area (Å²) >= 11 is 0. The maximum atomic E-state index is 11.8. The molecule has 1 aromatic rings. The molecule has 22 heavy (non-hydrogen) atoms. The van der Waals surface area contributed by atoms with E-state index in [1.54, 1.807) is 12.1 Å². The Kier molecular flexibility index (Phi) is 4.16. The van der Waals surface area contributed by atoms with E-state index in [1.807, 2.05) is 12.1 Å². The number of nitrogens with zero attached hydrogens (tertiary/aromatic N) is 1. The van der Waals surface area contributed by atoms with E-state index in [0.29, 0.717) is 24.1 Å². The molecule has 118 valence electrons. The molecular formula is C17H23N3O2. The average Bonchev–Trinajstić information content (AvgIpc) is 2.87. The maximum absolute atomic E-state index is 11.8. The van der Waals surface area contributed by atoms with Crippen LogP contribution in [0.15, 0.2) is 24.3 Å². The highest BCUT2D eigenvalue weighted by molar-refractivity contribution is 5.92. The van der Waals surface area contributed by atoms with E-state index in [0.717, 1.165) is 18.4 Å². The van der Waals surface area contributed by atoms with Gasteiger partial charge in [0.1, 0.15) is 0 Å². The maximum Gasteiger partial charge on any atom is 0.248 e. The Morgan fingerprint density at radius 3 is 2.41 bits per heavy atom. The zero-order chi connectivity index (χ0) is 15.7. The lowest BCUT2D eigenvalue weighted by Crippen LogP contribution is -2.44. The number of amides is 2. The summed E-state index contributed by atoms with van der Waals surface area (Å²) in [7, 11) is 0. The van der Waals surface area contributed by atoms with Gasteiger partial charge in [0.05, 0.1) is 6.04 Å². The van der Waals surface area contributed by atoms with Gasteiger partial charge >= 0.3 is 0 Å². The first-order chi connectivity index (χ1) is 10.6. The molecule has 2 fully saturated rings. The van der Waals surface area contributed by atoms with Gasteiger partial charge in [0.25, 0.3) is 0 Å². The second-order valence-electron chi connectivity index (χ2n) is 6.50. The molecule has 0 bridgehead atoms. The molecule has 5 heteroatoms. The van der Waals surface area contributed by atoms with Crippen molar-refractivity contribution in [2.45, 2.75) is 50.7 Å². The van der Waals surface area contributed by atoms with Crippen LogP contribution < -0.4 is 11.5 Å². The molecule has 1 aromatic carbocycles. The van der Waals surface area contributed by atoms with Crippen LogP contribution in [0.4, 0.5) is 0 Å². The van der Waals surface area contributed by atoms with Crippen LogP contribution in [0.25, 0.3) is 0 Å². The molecule has 3 atom stereocenters. The summed E-state index contributed by atoms with van der Waals surface area (Å²) in [6.45, 7) is 0.702. The van der Waals surface area contributed by atoms with Crippen molar-refractivity contribution in [1.29, 1.82) is 0 Å². The number of rotatable bonds is 4. The molecule has 2 aliphatic rings. The first kappa shape index (κ1) is 15.0. The van der Waals surface area contributed by atoms with E-state index >= 15 is 0 Å². The fourth-order valence-corrected chi connectivity index (χ4v) is 4.05. The molecule has 0 unspecified atom stereocenters. The van der Waals surface area contributed by atoms with Crippen molar-refractivity contribution in [3.8, 4) is 0 Å². The second-order valence-corrected chi connectivity index (χ2v) is 6.50. The van der Waals surface area contributed by atoms with Crippen LogP contribution in [0.1, 0.15) is 48.0 Å². The van der Waals surface area contributed by atoms with Gasteiger partial charge in [0.15, 0.2) is 0 Å². The number of carbonyl (C=O) groups is 2. The van der Waals surface area contributed by atoms with Gasteiger partial charge in [-0.05, 0) is 42.9 Å². The number of benzene rings is 1. The Morgan fingerprint density at radius 1 is 1.09 bits per heavy atom. The smallest absolute Gasteiger partial charge is 0.248 e. The normalized spacial score (nSPS) is 28.3. The van der Waals surface area contributed by atoms with Crippen LogP contribution in [-0.4, -0.2) is 28.8 Å². The Labute approximate surface area is 130 Å². The minimum atomic E-state index is -0.421. The van der Waals surface area contributed by atoms with Gasteiger partial charge in [-0.1, -0.05) is 25.0 Å². The van der Waals surface area contributed by atoms with Crippen molar-refractivity contribution in [3.63, 3.8) is 0 Å². The van der Waals surface area contributed by atoms with Crippen molar-refractivity contribution in [2.75, 3.05) is 0 Å². The molecule has 4 N–H and O–H groups in total. The van der Waals surface area contributed by atoms with Gasteiger partial charge < -0.3 is 11.5 Å². The summed E-state index contributed by atoms with van der Waals surface area (Å²) in [5.74, 6) is -0.0469. The number of hydrogen-bond acceptors (Lipinski definition) is 3. The molecule has 2 amide bonds. The molecule has 3 rings (SSSR count). The highest BCUT2D eigenvalue weighted by Gasteiger charge is 2.44. The molecule has 1 saturated heterocycles. The predicted molar refractivity (Wildman–Crippen MR) is 83.8 cm³/mol. The summed E-state index contributed by atoms with van der Waals surface area (Å²) in [5.41, 5.74) is 12.5. The second kappa shape index (κ2) is 6.08. The first-order valence-corrected chi connectivity index (χ1v) is 8.00. The van der Waals surface area contributed by atoms with E-state index in [1.165, 1.54) is 19.3 Å². The van der Waals surface area contributed by atoms with Gasteiger partial charge in [-0.25, -0.2) is 0 Å². The standard InChI is InChI=1S/C17H23N3O2/c18-16(21)12-7-5-11(6-8-12)10-20-14-4-2-1-3-13(14)9-15(20)17(19)22/h5-8,13-15H,1-4,9-10H2,(H2,18,21)(H2,19,22)/t13-,14+,15+/m1/s1. The zero-order valence-electron chi connectivity index (χ0n) is 12.7. The van der Waals surface area contributed by atoms with E-state index in [9.17, 15) is 9.59 Å². The summed E-state index contributed by atoms with van der Waals surface area (Å²) in [4.78, 5) is 25.2. The monoisotopic (exact) mass is 301 g/mol. The molecule has 1 aliphatic heterocycles. The minimum Gasteiger partial charge on any atom is -0.368 e. The number of carbonyl (C=O) groups excluding carboxylic acids is 2. The zero-order valence-corrected chi connectivity index (χ0v) is 12.7. The van der Waals surface area contributed by atoms with Crippen molar-refractivity contribution < 1.29 is 9.59 Å². The van der Waals surface area contributed by atoms with Crippen molar-refractivity contribution in [1.82, 2.24) is 4.90 Å². The fraction of sp³-hybridized carbons (Fsp3) is 0.529. The van der Waals surface area contributed by atoms with Crippen LogP contribution in [0, 0.1) is 5.92 Å². The van der Waals surface area contributed by atoms with Crippen LogP contribution in [0.5, 0.6) is 0 Å². The van der Waals surface area contributed by atoms with Crippen LogP contribution in [-0.2, 0) is 11.3 Å². The Balaban J connectivity index is 1.78. The van der Waals surface area contributed by atoms with Gasteiger partial charge in [-0.15, -0.1) is 0 Å². The largest absolute Gasteiger partial charge is 0.368 e. The third-order valence-corrected chi connectivity index (χ3v) is 5.15. The summed E-state index contributed by atoms with van der Waals surface area (Å²) in [6, 6.07) is 7.60. The number of primary amides is 2. The summed E-state index contributed by atoms with van der Waals surface area (Å²) in [5, 5.41) is 0. The summed E-state index contributed by atoms with van der Waals surface area (Å²) in [6.07, 6.45) is 5.72. The Bertz CT molecular complexity index is 570. The lowest BCUT2D eigenvalue weighted by atomic mass is 9.84. The predicted octanol–water partition coefficient (Wildman–Crippen LogP) is 1.40. The highest BCUT2D eigenvalue weighted by atomic mass is 16.1. The number of nitrogens with two attached hydrogens (primary N) is 2. The minimum absolute atomic E-state index is 0.163. The van der Waals surface area contributed by atoms with Crippen LogP contribution >= 0.6 is 0 Å². The van der Waals surface area contributed by atoms with Crippen molar-refractivity contribution in [2.24, 2.45) is 17.4 Å². The van der Waals surface area contributed by atoms with Gasteiger partial charge in [-0.2, -0.15) is 0 Å². The molecule has 0 radical (unpaired) electrons. The molecule has 1 saturated carbocycles.